The summed E-state index contributed by atoms with van der Waals surface area (Å²) < 4.78 is 0. The van der Waals surface area contributed by atoms with Gasteiger partial charge in [-0.05, 0) is 37.9 Å². The van der Waals surface area contributed by atoms with E-state index in [4.69, 9.17) is 5.26 Å². The molecular formula is C10H12N4. The summed E-state index contributed by atoms with van der Waals surface area (Å²) in [5, 5.41) is 11.9. The molecule has 1 N–H and O–H groups in total. The lowest BCUT2D eigenvalue weighted by Gasteiger charge is -2.06. The zero-order valence-corrected chi connectivity index (χ0v) is 7.90. The molecule has 1 atom stereocenters. The van der Waals surface area contributed by atoms with Crippen LogP contribution in [0.3, 0.4) is 0 Å². The van der Waals surface area contributed by atoms with Gasteiger partial charge in [-0.1, -0.05) is 0 Å². The molecule has 2 heterocycles. The Hall–Kier alpha value is -1.47. The molecule has 1 saturated heterocycles. The molecular weight excluding hydrogens is 176 g/mol. The third-order valence-corrected chi connectivity index (χ3v) is 2.47. The van der Waals surface area contributed by atoms with Gasteiger partial charge in [0, 0.05) is 11.9 Å². The predicted octanol–water partition coefficient (Wildman–Crippen LogP) is 0.500. The molecule has 0 unspecified atom stereocenters. The lowest BCUT2D eigenvalue weighted by atomic mass is 10.0. The van der Waals surface area contributed by atoms with E-state index >= 15 is 0 Å². The molecule has 2 rings (SSSR count). The number of hydrogen-bond donors (Lipinski definition) is 1. The minimum Gasteiger partial charge on any atom is -0.316 e. The third-order valence-electron chi connectivity index (χ3n) is 2.47. The Kier molecular flexibility index (Phi) is 2.70. The Morgan fingerprint density at radius 3 is 3.29 bits per heavy atom. The lowest BCUT2D eigenvalue weighted by molar-refractivity contribution is 0.570. The van der Waals surface area contributed by atoms with E-state index in [1.807, 2.05) is 12.1 Å². The molecule has 0 bridgehead atoms. The van der Waals surface area contributed by atoms with Gasteiger partial charge >= 0.3 is 0 Å². The van der Waals surface area contributed by atoms with Crippen LogP contribution in [0.4, 0.5) is 0 Å². The highest BCUT2D eigenvalue weighted by molar-refractivity contribution is 5.13. The summed E-state index contributed by atoms with van der Waals surface area (Å²) in [5.41, 5.74) is 0.977. The SMILES string of the molecule is N#Cc1nccc(C[C@@H]2CCNC2)n1. The molecule has 14 heavy (non-hydrogen) atoms. The number of nitrogens with one attached hydrogen (secondary N) is 1. The maximum Gasteiger partial charge on any atom is 0.232 e. The van der Waals surface area contributed by atoms with Gasteiger partial charge in [-0.15, -0.1) is 0 Å². The first-order valence-electron chi connectivity index (χ1n) is 4.81. The fourth-order valence-electron chi connectivity index (χ4n) is 1.75. The molecule has 1 fully saturated rings. The van der Waals surface area contributed by atoms with Gasteiger partial charge < -0.3 is 5.32 Å². The zero-order valence-electron chi connectivity index (χ0n) is 7.90. The van der Waals surface area contributed by atoms with Gasteiger partial charge in [-0.25, -0.2) is 9.97 Å². The van der Waals surface area contributed by atoms with Crippen molar-refractivity contribution in [2.75, 3.05) is 13.1 Å². The van der Waals surface area contributed by atoms with E-state index in [1.165, 1.54) is 6.42 Å². The summed E-state index contributed by atoms with van der Waals surface area (Å²) in [4.78, 5) is 8.00. The number of nitriles is 1. The monoisotopic (exact) mass is 188 g/mol. The largest absolute Gasteiger partial charge is 0.316 e. The van der Waals surface area contributed by atoms with E-state index in [2.05, 4.69) is 15.3 Å². The molecule has 0 aromatic carbocycles. The molecule has 0 amide bonds. The van der Waals surface area contributed by atoms with E-state index in [0.29, 0.717) is 5.92 Å². The smallest absolute Gasteiger partial charge is 0.232 e. The zero-order chi connectivity index (χ0) is 9.80. The second-order valence-electron chi connectivity index (χ2n) is 3.55. The maximum absolute atomic E-state index is 8.64. The standard InChI is InChI=1S/C10H12N4/c11-6-10-13-4-2-9(14-10)5-8-1-3-12-7-8/h2,4,8,12H,1,3,5,7H2/t8-/m0/s1. The molecule has 72 valence electrons. The summed E-state index contributed by atoms with van der Waals surface area (Å²) in [5.74, 6) is 0.935. The number of nitrogens with zero attached hydrogens (tertiary/aromatic N) is 3. The Morgan fingerprint density at radius 2 is 2.57 bits per heavy atom. The van der Waals surface area contributed by atoms with Crippen molar-refractivity contribution in [3.63, 3.8) is 0 Å². The average Bonchev–Trinajstić information content (AvgIpc) is 2.71. The lowest BCUT2D eigenvalue weighted by Crippen LogP contribution is -2.11. The van der Waals surface area contributed by atoms with Crippen LogP contribution in [0.15, 0.2) is 12.3 Å². The maximum atomic E-state index is 8.64. The Bertz CT molecular complexity index is 349. The van der Waals surface area contributed by atoms with Crippen molar-refractivity contribution in [3.8, 4) is 6.07 Å². The highest BCUT2D eigenvalue weighted by atomic mass is 14.9. The molecule has 4 nitrogen and oxygen atoms in total. The topological polar surface area (TPSA) is 61.6 Å². The molecule has 4 heteroatoms. The quantitative estimate of drug-likeness (QED) is 0.734. The van der Waals surface area contributed by atoms with E-state index < -0.39 is 0 Å². The van der Waals surface area contributed by atoms with Gasteiger partial charge in [0.05, 0.1) is 0 Å². The number of aromatic nitrogens is 2. The summed E-state index contributed by atoms with van der Waals surface area (Å²) in [7, 11) is 0. The van der Waals surface area contributed by atoms with Crippen LogP contribution >= 0.6 is 0 Å². The molecule has 1 aliphatic heterocycles. The van der Waals surface area contributed by atoms with E-state index in [1.54, 1.807) is 6.20 Å². The summed E-state index contributed by atoms with van der Waals surface area (Å²) >= 11 is 0. The van der Waals surface area contributed by atoms with Crippen molar-refractivity contribution in [2.45, 2.75) is 12.8 Å². The second kappa shape index (κ2) is 4.16. The van der Waals surface area contributed by atoms with Crippen LogP contribution in [0.5, 0.6) is 0 Å². The second-order valence-corrected chi connectivity index (χ2v) is 3.55. The highest BCUT2D eigenvalue weighted by Gasteiger charge is 2.15. The van der Waals surface area contributed by atoms with Crippen molar-refractivity contribution in [2.24, 2.45) is 5.92 Å². The average molecular weight is 188 g/mol. The minimum atomic E-state index is 0.272. The fourth-order valence-corrected chi connectivity index (χ4v) is 1.75. The van der Waals surface area contributed by atoms with E-state index in [-0.39, 0.29) is 5.82 Å². The van der Waals surface area contributed by atoms with Crippen molar-refractivity contribution < 1.29 is 0 Å². The van der Waals surface area contributed by atoms with Gasteiger partial charge in [-0.2, -0.15) is 5.26 Å². The minimum absolute atomic E-state index is 0.272. The molecule has 1 aromatic heterocycles. The van der Waals surface area contributed by atoms with Crippen LogP contribution in [0, 0.1) is 17.2 Å². The van der Waals surface area contributed by atoms with Crippen LogP contribution in [-0.2, 0) is 6.42 Å². The Morgan fingerprint density at radius 1 is 1.64 bits per heavy atom. The normalized spacial score (nSPS) is 20.6. The molecule has 0 saturated carbocycles. The van der Waals surface area contributed by atoms with Crippen molar-refractivity contribution in [3.05, 3.63) is 23.8 Å². The molecule has 0 spiro atoms. The van der Waals surface area contributed by atoms with Gasteiger partial charge in [-0.3, -0.25) is 0 Å². The van der Waals surface area contributed by atoms with Crippen LogP contribution in [-0.4, -0.2) is 23.1 Å². The Labute approximate surface area is 83.0 Å². The molecule has 0 radical (unpaired) electrons. The molecule has 0 aliphatic carbocycles. The van der Waals surface area contributed by atoms with Gasteiger partial charge in [0.25, 0.3) is 0 Å². The van der Waals surface area contributed by atoms with Crippen molar-refractivity contribution in [1.29, 1.82) is 5.26 Å². The fraction of sp³-hybridized carbons (Fsp3) is 0.500. The van der Waals surface area contributed by atoms with E-state index in [9.17, 15) is 0 Å². The van der Waals surface area contributed by atoms with Crippen LogP contribution in [0.25, 0.3) is 0 Å². The van der Waals surface area contributed by atoms with Gasteiger partial charge in [0.1, 0.15) is 6.07 Å². The van der Waals surface area contributed by atoms with Crippen molar-refractivity contribution in [1.82, 2.24) is 15.3 Å². The first-order chi connectivity index (χ1) is 6.88. The number of rotatable bonds is 2. The van der Waals surface area contributed by atoms with Crippen molar-refractivity contribution >= 4 is 0 Å². The van der Waals surface area contributed by atoms with Gasteiger partial charge in [0.2, 0.25) is 5.82 Å². The molecule has 1 aliphatic rings. The first kappa shape index (κ1) is 9.10. The third kappa shape index (κ3) is 2.06. The van der Waals surface area contributed by atoms with Crippen LogP contribution < -0.4 is 5.32 Å². The highest BCUT2D eigenvalue weighted by Crippen LogP contribution is 2.13. The van der Waals surface area contributed by atoms with E-state index in [0.717, 1.165) is 25.2 Å². The summed E-state index contributed by atoms with van der Waals surface area (Å²) in [6.07, 6.45) is 3.80. The first-order valence-corrected chi connectivity index (χ1v) is 4.81. The predicted molar refractivity (Wildman–Crippen MR) is 51.4 cm³/mol. The number of hydrogen-bond acceptors (Lipinski definition) is 4. The van der Waals surface area contributed by atoms with Crippen LogP contribution in [0.2, 0.25) is 0 Å². The summed E-state index contributed by atoms with van der Waals surface area (Å²) in [6.45, 7) is 2.16. The van der Waals surface area contributed by atoms with Gasteiger partial charge in [0.15, 0.2) is 0 Å². The molecule has 1 aromatic rings. The Balaban J connectivity index is 2.05. The van der Waals surface area contributed by atoms with Crippen LogP contribution in [0.1, 0.15) is 17.9 Å². The summed E-state index contributed by atoms with van der Waals surface area (Å²) in [6, 6.07) is 3.84.